The van der Waals surface area contributed by atoms with Gasteiger partial charge in [-0.05, 0) is 87.3 Å². The van der Waals surface area contributed by atoms with Crippen molar-refractivity contribution in [2.24, 2.45) is 11.8 Å². The third kappa shape index (κ3) is 6.59. The lowest BCUT2D eigenvalue weighted by molar-refractivity contribution is -0.144. The van der Waals surface area contributed by atoms with Crippen LogP contribution in [0.1, 0.15) is 67.4 Å². The predicted molar refractivity (Wildman–Crippen MR) is 173 cm³/mol. The molecule has 10 nitrogen and oxygen atoms in total. The van der Waals surface area contributed by atoms with Crippen LogP contribution in [0.25, 0.3) is 0 Å². The van der Waals surface area contributed by atoms with Gasteiger partial charge in [0, 0.05) is 25.6 Å². The molecule has 46 heavy (non-hydrogen) atoms. The molecule has 1 aliphatic heterocycles. The van der Waals surface area contributed by atoms with Crippen molar-refractivity contribution < 1.29 is 37.8 Å². The molecule has 0 bridgehead atoms. The van der Waals surface area contributed by atoms with Crippen LogP contribution >= 0.6 is 11.6 Å². The number of sulfonamides is 1. The number of hydrogen-bond acceptors (Lipinski definition) is 6. The van der Waals surface area contributed by atoms with Gasteiger partial charge in [0.15, 0.2) is 4.21 Å². The number of likely N-dealkylation sites (tertiary alicyclic amines) is 1. The molecule has 2 aromatic rings. The SMILES string of the molecule is CC(C)(C)OC(=O)N1CCC(C2CC2(C(=O)O)N(Cc2cccc(C(=O)O)c2)S(=O)(=O)C2(Cl)C=CC(c3ccccc3)C=C2)CC1. The number of alkyl halides is 1. The Labute approximate surface area is 274 Å². The molecule has 2 fully saturated rings. The number of aromatic carboxylic acids is 1. The highest BCUT2D eigenvalue weighted by molar-refractivity contribution is 7.92. The summed E-state index contributed by atoms with van der Waals surface area (Å²) in [6.45, 7) is 5.67. The van der Waals surface area contributed by atoms with Crippen molar-refractivity contribution in [1.29, 1.82) is 0 Å². The average Bonchev–Trinajstić information content (AvgIpc) is 3.77. The number of benzene rings is 2. The molecule has 2 aromatic carbocycles. The van der Waals surface area contributed by atoms with E-state index in [4.69, 9.17) is 16.3 Å². The van der Waals surface area contributed by atoms with Crippen LogP contribution < -0.4 is 0 Å². The van der Waals surface area contributed by atoms with Crippen LogP contribution in [0.4, 0.5) is 4.79 Å². The van der Waals surface area contributed by atoms with Crippen LogP contribution in [0.3, 0.4) is 0 Å². The number of carboxylic acids is 2. The van der Waals surface area contributed by atoms with Crippen molar-refractivity contribution in [3.05, 3.63) is 95.6 Å². The summed E-state index contributed by atoms with van der Waals surface area (Å²) in [6.07, 6.45) is 6.72. The number of carbonyl (C=O) groups excluding carboxylic acids is 1. The first-order valence-electron chi connectivity index (χ1n) is 15.3. The summed E-state index contributed by atoms with van der Waals surface area (Å²) in [4.78, 5) is 39.1. The fourth-order valence-electron chi connectivity index (χ4n) is 6.52. The van der Waals surface area contributed by atoms with E-state index in [1.54, 1.807) is 43.9 Å². The van der Waals surface area contributed by atoms with E-state index >= 15 is 0 Å². The quantitative estimate of drug-likeness (QED) is 0.250. The molecule has 2 aliphatic carbocycles. The van der Waals surface area contributed by atoms with Crippen molar-refractivity contribution in [3.8, 4) is 0 Å². The minimum atomic E-state index is -4.60. The Balaban J connectivity index is 1.46. The molecule has 0 radical (unpaired) electrons. The Hall–Kier alpha value is -3.67. The molecule has 246 valence electrons. The normalized spacial score (nSPS) is 26.6. The molecule has 1 amide bonds. The highest BCUT2D eigenvalue weighted by atomic mass is 35.5. The van der Waals surface area contributed by atoms with Gasteiger partial charge in [-0.1, -0.05) is 66.2 Å². The second-order valence-corrected chi connectivity index (χ2v) is 16.1. The first-order chi connectivity index (χ1) is 21.6. The van der Waals surface area contributed by atoms with Gasteiger partial charge in [0.05, 0.1) is 5.56 Å². The molecule has 1 heterocycles. The molecule has 2 unspecified atom stereocenters. The first-order valence-corrected chi connectivity index (χ1v) is 17.1. The van der Waals surface area contributed by atoms with Crippen molar-refractivity contribution in [1.82, 2.24) is 9.21 Å². The minimum absolute atomic E-state index is 0.0511. The van der Waals surface area contributed by atoms with Crippen molar-refractivity contribution >= 4 is 39.7 Å². The number of rotatable bonds is 9. The van der Waals surface area contributed by atoms with Gasteiger partial charge in [0.25, 0.3) is 0 Å². The number of hydrogen-bond donors (Lipinski definition) is 2. The van der Waals surface area contributed by atoms with Gasteiger partial charge in [-0.15, -0.1) is 0 Å². The van der Waals surface area contributed by atoms with Gasteiger partial charge in [0.2, 0.25) is 10.0 Å². The average molecular weight is 671 g/mol. The molecule has 0 spiro atoms. The van der Waals surface area contributed by atoms with Gasteiger partial charge in [-0.2, -0.15) is 4.31 Å². The number of carboxylic acid groups (broad SMARTS) is 2. The van der Waals surface area contributed by atoms with Gasteiger partial charge < -0.3 is 19.8 Å². The number of ether oxygens (including phenoxy) is 1. The minimum Gasteiger partial charge on any atom is -0.480 e. The second-order valence-electron chi connectivity index (χ2n) is 13.2. The fourth-order valence-corrected chi connectivity index (χ4v) is 8.79. The highest BCUT2D eigenvalue weighted by Crippen LogP contribution is 2.58. The molecule has 12 heteroatoms. The van der Waals surface area contributed by atoms with Crippen molar-refractivity contribution in [2.75, 3.05) is 13.1 Å². The van der Waals surface area contributed by atoms with E-state index in [0.29, 0.717) is 31.5 Å². The lowest BCUT2D eigenvalue weighted by Crippen LogP contribution is -2.54. The number of halogens is 1. The van der Waals surface area contributed by atoms with Crippen molar-refractivity contribution in [3.63, 3.8) is 0 Å². The number of aliphatic carboxylic acids is 1. The van der Waals surface area contributed by atoms with E-state index in [1.807, 2.05) is 30.3 Å². The topological polar surface area (TPSA) is 142 Å². The zero-order valence-electron chi connectivity index (χ0n) is 26.0. The largest absolute Gasteiger partial charge is 0.480 e. The first kappa shape index (κ1) is 33.7. The Morgan fingerprint density at radius 3 is 2.20 bits per heavy atom. The Morgan fingerprint density at radius 1 is 1.00 bits per heavy atom. The molecule has 2 N–H and O–H groups in total. The van der Waals surface area contributed by atoms with E-state index in [1.165, 1.54) is 30.4 Å². The second kappa shape index (κ2) is 12.5. The number of allylic oxidation sites excluding steroid dienone is 2. The number of piperidine rings is 1. The number of amides is 1. The number of carbonyl (C=O) groups is 3. The van der Waals surface area contributed by atoms with Gasteiger partial charge in [0.1, 0.15) is 11.1 Å². The maximum absolute atomic E-state index is 14.6. The van der Waals surface area contributed by atoms with Crippen LogP contribution in [0.2, 0.25) is 0 Å². The standard InChI is InChI=1S/C34H39ClN2O8S/c1-32(2,3)45-31(42)36-18-14-26(15-19-36)28-21-34(28,30(40)41)37(22-23-8-7-11-27(20-23)29(38)39)46(43,44)33(35)16-12-25(13-17-33)24-9-5-4-6-10-24/h4-13,16-17,20,25-26,28H,14-15,18-19,21-22H2,1-3H3,(H,38,39)(H,40,41). The zero-order valence-corrected chi connectivity index (χ0v) is 27.6. The molecular weight excluding hydrogens is 632 g/mol. The summed E-state index contributed by atoms with van der Waals surface area (Å²) in [6, 6.07) is 15.3. The van der Waals surface area contributed by atoms with Crippen LogP contribution in [0.5, 0.6) is 0 Å². The summed E-state index contributed by atoms with van der Waals surface area (Å²) < 4.78 is 33.6. The monoisotopic (exact) mass is 670 g/mol. The Bertz CT molecular complexity index is 1650. The zero-order chi connectivity index (χ0) is 33.5. The van der Waals surface area contributed by atoms with Crippen LogP contribution in [0.15, 0.2) is 78.9 Å². The summed E-state index contributed by atoms with van der Waals surface area (Å²) in [7, 11) is -4.60. The third-order valence-electron chi connectivity index (χ3n) is 8.99. The highest BCUT2D eigenvalue weighted by Gasteiger charge is 2.70. The van der Waals surface area contributed by atoms with E-state index in [2.05, 4.69) is 0 Å². The summed E-state index contributed by atoms with van der Waals surface area (Å²) in [5.41, 5.74) is -1.26. The Kier molecular flexibility index (Phi) is 9.15. The van der Waals surface area contributed by atoms with Crippen molar-refractivity contribution in [2.45, 2.75) is 67.8 Å². The van der Waals surface area contributed by atoms with Crippen LogP contribution in [-0.2, 0) is 26.1 Å². The van der Waals surface area contributed by atoms with E-state index in [9.17, 15) is 33.0 Å². The van der Waals surface area contributed by atoms with E-state index in [-0.39, 0.29) is 30.4 Å². The smallest absolute Gasteiger partial charge is 0.410 e. The lowest BCUT2D eigenvalue weighted by atomic mass is 9.89. The molecule has 3 aliphatic rings. The molecule has 2 atom stereocenters. The molecule has 1 saturated carbocycles. The molecular formula is C34H39ClN2O8S. The maximum atomic E-state index is 14.6. The lowest BCUT2D eigenvalue weighted by Gasteiger charge is -2.38. The summed E-state index contributed by atoms with van der Waals surface area (Å²) in [5.74, 6) is -3.43. The van der Waals surface area contributed by atoms with E-state index in [0.717, 1.165) is 9.87 Å². The molecule has 5 rings (SSSR count). The van der Waals surface area contributed by atoms with Gasteiger partial charge in [-0.25, -0.2) is 18.0 Å². The van der Waals surface area contributed by atoms with Gasteiger partial charge >= 0.3 is 18.0 Å². The summed E-state index contributed by atoms with van der Waals surface area (Å²) in [5, 5.41) is 20.3. The third-order valence-corrected chi connectivity index (χ3v) is 11.9. The maximum Gasteiger partial charge on any atom is 0.410 e. The predicted octanol–water partition coefficient (Wildman–Crippen LogP) is 5.85. The Morgan fingerprint density at radius 2 is 1.63 bits per heavy atom. The number of nitrogens with zero attached hydrogens (tertiary/aromatic N) is 2. The molecule has 1 saturated heterocycles. The molecule has 0 aromatic heterocycles. The van der Waals surface area contributed by atoms with Gasteiger partial charge in [-0.3, -0.25) is 4.79 Å². The van der Waals surface area contributed by atoms with Crippen LogP contribution in [-0.4, -0.2) is 74.3 Å². The fraction of sp³-hybridized carbons (Fsp3) is 0.441. The van der Waals surface area contributed by atoms with E-state index < -0.39 is 49.3 Å². The summed E-state index contributed by atoms with van der Waals surface area (Å²) >= 11 is 6.89. The van der Waals surface area contributed by atoms with Crippen LogP contribution in [0, 0.1) is 11.8 Å².